The number of carbonyl (C=O) groups excluding carboxylic acids is 1. The zero-order chi connectivity index (χ0) is 14.4. The molecule has 0 aromatic heterocycles. The summed E-state index contributed by atoms with van der Waals surface area (Å²) in [6, 6.07) is 7.98. The van der Waals surface area contributed by atoms with Gasteiger partial charge in [0.05, 0.1) is 0 Å². The molecule has 0 N–H and O–H groups in total. The molecule has 1 aromatic carbocycles. The van der Waals surface area contributed by atoms with Crippen molar-refractivity contribution in [1.82, 2.24) is 0 Å². The molecule has 0 heterocycles. The average Bonchev–Trinajstić information content (AvgIpc) is 2.45. The zero-order valence-corrected chi connectivity index (χ0v) is 12.1. The zero-order valence-electron chi connectivity index (χ0n) is 12.1. The molecule has 1 aromatic rings. The fourth-order valence-corrected chi connectivity index (χ4v) is 2.79. The Bertz CT molecular complexity index is 444. The Morgan fingerprint density at radius 1 is 1.30 bits per heavy atom. The van der Waals surface area contributed by atoms with Crippen LogP contribution in [0, 0.1) is 0 Å². The topological polar surface area (TPSA) is 44.8 Å². The first-order valence-corrected chi connectivity index (χ1v) is 7.09. The summed E-state index contributed by atoms with van der Waals surface area (Å²) in [6.07, 6.45) is 4.26. The van der Waals surface area contributed by atoms with Crippen LogP contribution in [0.25, 0.3) is 0 Å². The maximum atomic E-state index is 11.2. The van der Waals surface area contributed by atoms with E-state index < -0.39 is 0 Å². The van der Waals surface area contributed by atoms with Gasteiger partial charge in [-0.15, -0.1) is 0 Å². The van der Waals surface area contributed by atoms with E-state index in [2.05, 4.69) is 6.07 Å². The molecule has 4 heteroatoms. The van der Waals surface area contributed by atoms with Crippen molar-refractivity contribution in [2.45, 2.75) is 44.6 Å². The van der Waals surface area contributed by atoms with Crippen LogP contribution in [0.2, 0.25) is 0 Å². The molecule has 0 saturated heterocycles. The first kappa shape index (κ1) is 14.9. The molecule has 110 valence electrons. The molecule has 1 saturated carbocycles. The van der Waals surface area contributed by atoms with Crippen molar-refractivity contribution < 1.29 is 19.0 Å². The summed E-state index contributed by atoms with van der Waals surface area (Å²) < 4.78 is 15.9. The van der Waals surface area contributed by atoms with Gasteiger partial charge in [0.25, 0.3) is 0 Å². The van der Waals surface area contributed by atoms with Crippen molar-refractivity contribution in [3.05, 3.63) is 29.8 Å². The van der Waals surface area contributed by atoms with E-state index in [0.717, 1.165) is 25.0 Å². The average molecular weight is 278 g/mol. The molecule has 4 nitrogen and oxygen atoms in total. The molecule has 2 rings (SSSR count). The first-order chi connectivity index (χ1) is 9.70. The third-order valence-electron chi connectivity index (χ3n) is 3.65. The highest BCUT2D eigenvalue weighted by Crippen LogP contribution is 2.36. The molecule has 0 spiro atoms. The monoisotopic (exact) mass is 278 g/mol. The van der Waals surface area contributed by atoms with Gasteiger partial charge in [0.1, 0.15) is 11.9 Å². The fraction of sp³-hybridized carbons (Fsp3) is 0.562. The SMILES string of the molecule is COCOc1cccc(C2CCCCC2OC(C)=O)c1. The number of benzene rings is 1. The first-order valence-electron chi connectivity index (χ1n) is 7.09. The van der Waals surface area contributed by atoms with Gasteiger partial charge in [-0.25, -0.2) is 0 Å². The standard InChI is InChI=1S/C16H22O4/c1-12(17)20-16-9-4-3-8-15(16)13-6-5-7-14(10-13)19-11-18-2/h5-7,10,15-16H,3-4,8-9,11H2,1-2H3. The summed E-state index contributed by atoms with van der Waals surface area (Å²) in [5.41, 5.74) is 1.17. The highest BCUT2D eigenvalue weighted by Gasteiger charge is 2.29. The fourth-order valence-electron chi connectivity index (χ4n) is 2.79. The lowest BCUT2D eigenvalue weighted by Gasteiger charge is -2.31. The summed E-state index contributed by atoms with van der Waals surface area (Å²) in [4.78, 5) is 11.2. The molecule has 0 radical (unpaired) electrons. The predicted octanol–water partition coefficient (Wildman–Crippen LogP) is 3.26. The molecule has 0 bridgehead atoms. The maximum absolute atomic E-state index is 11.2. The van der Waals surface area contributed by atoms with Crippen molar-refractivity contribution in [2.24, 2.45) is 0 Å². The van der Waals surface area contributed by atoms with Gasteiger partial charge in [-0.1, -0.05) is 18.6 Å². The van der Waals surface area contributed by atoms with E-state index in [4.69, 9.17) is 14.2 Å². The molecular weight excluding hydrogens is 256 g/mol. The molecule has 1 aliphatic carbocycles. The molecule has 20 heavy (non-hydrogen) atoms. The Kier molecular flexibility index (Phi) is 5.41. The number of rotatable bonds is 5. The van der Waals surface area contributed by atoms with Crippen LogP contribution in [-0.2, 0) is 14.3 Å². The van der Waals surface area contributed by atoms with Crippen molar-refractivity contribution in [1.29, 1.82) is 0 Å². The third kappa shape index (κ3) is 3.97. The lowest BCUT2D eigenvalue weighted by molar-refractivity contribution is -0.148. The second-order valence-corrected chi connectivity index (χ2v) is 5.16. The molecule has 1 fully saturated rings. The third-order valence-corrected chi connectivity index (χ3v) is 3.65. The number of esters is 1. The second kappa shape index (κ2) is 7.29. The Morgan fingerprint density at radius 2 is 2.10 bits per heavy atom. The van der Waals surface area contributed by atoms with Crippen molar-refractivity contribution in [2.75, 3.05) is 13.9 Å². The Morgan fingerprint density at radius 3 is 2.85 bits per heavy atom. The van der Waals surface area contributed by atoms with Crippen LogP contribution in [0.3, 0.4) is 0 Å². The van der Waals surface area contributed by atoms with E-state index in [-0.39, 0.29) is 24.8 Å². The Labute approximate surface area is 120 Å². The van der Waals surface area contributed by atoms with Gasteiger partial charge in [0.2, 0.25) is 0 Å². The van der Waals surface area contributed by atoms with E-state index in [0.29, 0.717) is 0 Å². The van der Waals surface area contributed by atoms with Crippen molar-refractivity contribution >= 4 is 5.97 Å². The summed E-state index contributed by atoms with van der Waals surface area (Å²) >= 11 is 0. The van der Waals surface area contributed by atoms with Crippen molar-refractivity contribution in [3.8, 4) is 5.75 Å². The van der Waals surface area contributed by atoms with Crippen molar-refractivity contribution in [3.63, 3.8) is 0 Å². The molecule has 0 aliphatic heterocycles. The van der Waals surface area contributed by atoms with Gasteiger partial charge in [-0.2, -0.15) is 0 Å². The quantitative estimate of drug-likeness (QED) is 0.612. The van der Waals surface area contributed by atoms with Crippen LogP contribution in [0.5, 0.6) is 5.75 Å². The predicted molar refractivity (Wildman–Crippen MR) is 75.7 cm³/mol. The number of ether oxygens (including phenoxy) is 3. The number of hydrogen-bond donors (Lipinski definition) is 0. The van der Waals surface area contributed by atoms with Crippen LogP contribution in [0.15, 0.2) is 24.3 Å². The molecule has 2 atom stereocenters. The number of carbonyl (C=O) groups is 1. The van der Waals surface area contributed by atoms with E-state index in [1.807, 2.05) is 18.2 Å². The van der Waals surface area contributed by atoms with Crippen LogP contribution < -0.4 is 4.74 Å². The van der Waals surface area contributed by atoms with Crippen LogP contribution in [0.1, 0.15) is 44.1 Å². The highest BCUT2D eigenvalue weighted by atomic mass is 16.7. The highest BCUT2D eigenvalue weighted by molar-refractivity contribution is 5.66. The largest absolute Gasteiger partial charge is 0.468 e. The van der Waals surface area contributed by atoms with Gasteiger partial charge in [-0.05, 0) is 37.0 Å². The molecule has 0 amide bonds. The van der Waals surface area contributed by atoms with E-state index in [9.17, 15) is 4.79 Å². The number of hydrogen-bond acceptors (Lipinski definition) is 4. The number of methoxy groups -OCH3 is 1. The van der Waals surface area contributed by atoms with E-state index in [1.165, 1.54) is 18.9 Å². The lowest BCUT2D eigenvalue weighted by atomic mass is 9.81. The maximum Gasteiger partial charge on any atom is 0.302 e. The minimum absolute atomic E-state index is 0.0149. The molecular formula is C16H22O4. The summed E-state index contributed by atoms with van der Waals surface area (Å²) in [5, 5.41) is 0. The minimum atomic E-state index is -0.200. The Balaban J connectivity index is 2.12. The van der Waals surface area contributed by atoms with Crippen LogP contribution in [0.4, 0.5) is 0 Å². The van der Waals surface area contributed by atoms with Gasteiger partial charge >= 0.3 is 5.97 Å². The van der Waals surface area contributed by atoms with Gasteiger partial charge in [-0.3, -0.25) is 4.79 Å². The normalized spacial score (nSPS) is 22.3. The second-order valence-electron chi connectivity index (χ2n) is 5.16. The Hall–Kier alpha value is -1.55. The lowest BCUT2D eigenvalue weighted by Crippen LogP contribution is -2.27. The summed E-state index contributed by atoms with van der Waals surface area (Å²) in [7, 11) is 1.60. The van der Waals surface area contributed by atoms with E-state index >= 15 is 0 Å². The van der Waals surface area contributed by atoms with Crippen LogP contribution in [-0.4, -0.2) is 26.0 Å². The van der Waals surface area contributed by atoms with E-state index in [1.54, 1.807) is 7.11 Å². The van der Waals surface area contributed by atoms with Gasteiger partial charge in [0, 0.05) is 20.0 Å². The summed E-state index contributed by atoms with van der Waals surface area (Å²) in [6.45, 7) is 1.71. The van der Waals surface area contributed by atoms with Gasteiger partial charge < -0.3 is 14.2 Å². The van der Waals surface area contributed by atoms with Gasteiger partial charge in [0.15, 0.2) is 6.79 Å². The van der Waals surface area contributed by atoms with Crippen LogP contribution >= 0.6 is 0 Å². The summed E-state index contributed by atoms with van der Waals surface area (Å²) in [5.74, 6) is 0.851. The smallest absolute Gasteiger partial charge is 0.302 e. The minimum Gasteiger partial charge on any atom is -0.468 e. The molecule has 1 aliphatic rings. The molecule has 2 unspecified atom stereocenters.